The van der Waals surface area contributed by atoms with E-state index in [2.05, 4.69) is 27.4 Å². The first kappa shape index (κ1) is 16.7. The Morgan fingerprint density at radius 3 is 2.92 bits per heavy atom. The Bertz CT molecular complexity index is 947. The predicted octanol–water partition coefficient (Wildman–Crippen LogP) is 3.49. The van der Waals surface area contributed by atoms with Crippen molar-refractivity contribution in [3.05, 3.63) is 59.7 Å². The third kappa shape index (κ3) is 2.86. The monoisotopic (exact) mass is 353 g/mol. The molecule has 2 aromatic carbocycles. The van der Waals surface area contributed by atoms with Crippen LogP contribution in [0.5, 0.6) is 5.75 Å². The number of aliphatic hydroxyl groups is 1. The highest BCUT2D eigenvalue weighted by molar-refractivity contribution is 5.90. The number of benzene rings is 2. The molecule has 0 saturated carbocycles. The molecule has 2 unspecified atom stereocenters. The maximum atomic E-state index is 14.0. The molecular weight excluding hydrogens is 333 g/mol. The van der Waals surface area contributed by atoms with Gasteiger partial charge in [0, 0.05) is 24.0 Å². The molecule has 5 nitrogen and oxygen atoms in total. The summed E-state index contributed by atoms with van der Waals surface area (Å²) < 4.78 is 19.1. The molecule has 1 aliphatic rings. The van der Waals surface area contributed by atoms with E-state index in [1.807, 2.05) is 12.1 Å². The average Bonchev–Trinajstić information content (AvgIpc) is 2.68. The Hall–Kier alpha value is -2.73. The second-order valence-electron chi connectivity index (χ2n) is 6.53. The molecule has 26 heavy (non-hydrogen) atoms. The molecule has 134 valence electrons. The number of nitrogens with one attached hydrogen (secondary N) is 1. The SMILES string of the molecule is COc1cc2c(NC3c4ccccc4CCC3CO)ncnc2cc1F. The number of aliphatic hydroxyl groups excluding tert-OH is 1. The zero-order chi connectivity index (χ0) is 18.1. The molecule has 2 atom stereocenters. The van der Waals surface area contributed by atoms with Crippen molar-refractivity contribution in [3.8, 4) is 5.75 Å². The van der Waals surface area contributed by atoms with E-state index >= 15 is 0 Å². The van der Waals surface area contributed by atoms with Gasteiger partial charge < -0.3 is 15.2 Å². The van der Waals surface area contributed by atoms with E-state index in [0.29, 0.717) is 16.7 Å². The van der Waals surface area contributed by atoms with Gasteiger partial charge in [0.25, 0.3) is 0 Å². The van der Waals surface area contributed by atoms with Gasteiger partial charge in [0.1, 0.15) is 12.1 Å². The third-order valence-corrected chi connectivity index (χ3v) is 5.08. The summed E-state index contributed by atoms with van der Waals surface area (Å²) in [5.41, 5.74) is 2.95. The van der Waals surface area contributed by atoms with Gasteiger partial charge in [0.05, 0.1) is 18.7 Å². The first-order chi connectivity index (χ1) is 12.7. The molecule has 4 rings (SSSR count). The van der Waals surface area contributed by atoms with Gasteiger partial charge in [-0.25, -0.2) is 14.4 Å². The average molecular weight is 353 g/mol. The molecule has 0 aliphatic heterocycles. The van der Waals surface area contributed by atoms with E-state index in [0.717, 1.165) is 12.8 Å². The van der Waals surface area contributed by atoms with E-state index in [9.17, 15) is 9.50 Å². The number of ether oxygens (including phenoxy) is 1. The van der Waals surface area contributed by atoms with Gasteiger partial charge in [-0.1, -0.05) is 24.3 Å². The van der Waals surface area contributed by atoms with Crippen LogP contribution in [0.4, 0.5) is 10.2 Å². The van der Waals surface area contributed by atoms with Crippen molar-refractivity contribution in [1.29, 1.82) is 0 Å². The van der Waals surface area contributed by atoms with Crippen LogP contribution in [0.25, 0.3) is 10.9 Å². The van der Waals surface area contributed by atoms with Gasteiger partial charge in [-0.3, -0.25) is 0 Å². The number of aromatic nitrogens is 2. The largest absolute Gasteiger partial charge is 0.494 e. The van der Waals surface area contributed by atoms with Crippen molar-refractivity contribution >= 4 is 16.7 Å². The molecular formula is C20H20FN3O2. The Kier molecular flexibility index (Phi) is 4.42. The van der Waals surface area contributed by atoms with Crippen molar-refractivity contribution in [1.82, 2.24) is 9.97 Å². The lowest BCUT2D eigenvalue weighted by Gasteiger charge is -2.33. The molecule has 1 aromatic heterocycles. The van der Waals surface area contributed by atoms with Crippen LogP contribution >= 0.6 is 0 Å². The highest BCUT2D eigenvalue weighted by atomic mass is 19.1. The molecule has 1 aliphatic carbocycles. The van der Waals surface area contributed by atoms with Crippen molar-refractivity contribution in [2.45, 2.75) is 18.9 Å². The number of methoxy groups -OCH3 is 1. The normalized spacial score (nSPS) is 19.2. The highest BCUT2D eigenvalue weighted by Gasteiger charge is 2.29. The maximum Gasteiger partial charge on any atom is 0.167 e. The topological polar surface area (TPSA) is 67.3 Å². The standard InChI is InChI=1S/C20H20FN3O2/c1-26-18-8-15-17(9-16(18)21)22-11-23-20(15)24-19-13(10-25)7-6-12-4-2-3-5-14(12)19/h2-5,8-9,11,13,19,25H,6-7,10H2,1H3,(H,22,23,24). The summed E-state index contributed by atoms with van der Waals surface area (Å²) in [6.45, 7) is 0.0902. The molecule has 0 saturated heterocycles. The molecule has 6 heteroatoms. The minimum absolute atomic E-state index is 0.0703. The number of halogens is 1. The van der Waals surface area contributed by atoms with Crippen LogP contribution in [0.2, 0.25) is 0 Å². The van der Waals surface area contributed by atoms with Gasteiger partial charge in [-0.2, -0.15) is 0 Å². The summed E-state index contributed by atoms with van der Waals surface area (Å²) in [6.07, 6.45) is 3.26. The van der Waals surface area contributed by atoms with E-state index in [-0.39, 0.29) is 24.3 Å². The molecule has 0 amide bonds. The molecule has 3 aromatic rings. The van der Waals surface area contributed by atoms with Gasteiger partial charge in [0.2, 0.25) is 0 Å². The molecule has 2 N–H and O–H groups in total. The minimum atomic E-state index is -0.458. The van der Waals surface area contributed by atoms with Crippen molar-refractivity contribution < 1.29 is 14.2 Å². The van der Waals surface area contributed by atoms with Crippen LogP contribution in [0.1, 0.15) is 23.6 Å². The molecule has 0 radical (unpaired) electrons. The smallest absolute Gasteiger partial charge is 0.167 e. The number of anilines is 1. The number of rotatable bonds is 4. The zero-order valence-corrected chi connectivity index (χ0v) is 14.4. The number of hydrogen-bond acceptors (Lipinski definition) is 5. The van der Waals surface area contributed by atoms with Gasteiger partial charge in [0.15, 0.2) is 11.6 Å². The summed E-state index contributed by atoms with van der Waals surface area (Å²) >= 11 is 0. The van der Waals surface area contributed by atoms with E-state index in [1.165, 1.54) is 30.6 Å². The van der Waals surface area contributed by atoms with Crippen molar-refractivity contribution in [3.63, 3.8) is 0 Å². The second kappa shape index (κ2) is 6.88. The lowest BCUT2D eigenvalue weighted by Crippen LogP contribution is -2.29. The predicted molar refractivity (Wildman–Crippen MR) is 97.8 cm³/mol. The van der Waals surface area contributed by atoms with Crippen LogP contribution in [-0.2, 0) is 6.42 Å². The second-order valence-corrected chi connectivity index (χ2v) is 6.53. The lowest BCUT2D eigenvalue weighted by atomic mass is 9.80. The summed E-state index contributed by atoms with van der Waals surface area (Å²) in [5.74, 6) is 0.379. The molecule has 0 fully saturated rings. The van der Waals surface area contributed by atoms with Gasteiger partial charge in [-0.05, 0) is 30.0 Å². The van der Waals surface area contributed by atoms with Gasteiger partial charge >= 0.3 is 0 Å². The van der Waals surface area contributed by atoms with E-state index in [4.69, 9.17) is 4.74 Å². The summed E-state index contributed by atoms with van der Waals surface area (Å²) in [4.78, 5) is 8.52. The first-order valence-electron chi connectivity index (χ1n) is 8.64. The van der Waals surface area contributed by atoms with Crippen molar-refractivity contribution in [2.75, 3.05) is 19.0 Å². The maximum absolute atomic E-state index is 14.0. The molecule has 1 heterocycles. The molecule has 0 spiro atoms. The van der Waals surface area contributed by atoms with Crippen LogP contribution < -0.4 is 10.1 Å². The van der Waals surface area contributed by atoms with Gasteiger partial charge in [-0.15, -0.1) is 0 Å². The van der Waals surface area contributed by atoms with E-state index in [1.54, 1.807) is 6.07 Å². The lowest BCUT2D eigenvalue weighted by molar-refractivity contribution is 0.196. The van der Waals surface area contributed by atoms with E-state index < -0.39 is 5.82 Å². The first-order valence-corrected chi connectivity index (χ1v) is 8.64. The third-order valence-electron chi connectivity index (χ3n) is 5.08. The summed E-state index contributed by atoms with van der Waals surface area (Å²) in [6, 6.07) is 11.1. The molecule has 0 bridgehead atoms. The number of aryl methyl sites for hydroxylation is 1. The van der Waals surface area contributed by atoms with Crippen LogP contribution in [0.15, 0.2) is 42.7 Å². The van der Waals surface area contributed by atoms with Crippen LogP contribution in [-0.4, -0.2) is 28.8 Å². The van der Waals surface area contributed by atoms with Crippen LogP contribution in [0.3, 0.4) is 0 Å². The fourth-order valence-corrected chi connectivity index (χ4v) is 3.70. The summed E-state index contributed by atoms with van der Waals surface area (Å²) in [5, 5.41) is 14.0. The highest BCUT2D eigenvalue weighted by Crippen LogP contribution is 2.38. The Balaban J connectivity index is 1.79. The Morgan fingerprint density at radius 2 is 2.12 bits per heavy atom. The quantitative estimate of drug-likeness (QED) is 0.752. The number of nitrogens with zero attached hydrogens (tertiary/aromatic N) is 2. The number of hydrogen-bond donors (Lipinski definition) is 2. The zero-order valence-electron chi connectivity index (χ0n) is 14.4. The Morgan fingerprint density at radius 1 is 1.27 bits per heavy atom. The summed E-state index contributed by atoms with van der Waals surface area (Å²) in [7, 11) is 1.43. The number of fused-ring (bicyclic) bond motifs is 2. The Labute approximate surface area is 150 Å². The fraction of sp³-hybridized carbons (Fsp3) is 0.300. The van der Waals surface area contributed by atoms with Crippen molar-refractivity contribution in [2.24, 2.45) is 5.92 Å². The fourth-order valence-electron chi connectivity index (χ4n) is 3.70. The van der Waals surface area contributed by atoms with Crippen LogP contribution in [0, 0.1) is 11.7 Å². The minimum Gasteiger partial charge on any atom is -0.494 e.